The van der Waals surface area contributed by atoms with E-state index in [4.69, 9.17) is 8.37 Å². The third-order valence-corrected chi connectivity index (χ3v) is 2.69. The number of rotatable bonds is 1. The van der Waals surface area contributed by atoms with E-state index in [1.165, 1.54) is 5.56 Å². The zero-order valence-electron chi connectivity index (χ0n) is 7.47. The van der Waals surface area contributed by atoms with E-state index in [-0.39, 0.29) is 6.10 Å². The van der Waals surface area contributed by atoms with Gasteiger partial charge in [-0.1, -0.05) is 37.3 Å². The van der Waals surface area contributed by atoms with Gasteiger partial charge in [-0.05, 0) is 5.56 Å². The van der Waals surface area contributed by atoms with Gasteiger partial charge < -0.3 is 0 Å². The van der Waals surface area contributed by atoms with Gasteiger partial charge in [0.15, 0.2) is 12.3 Å². The van der Waals surface area contributed by atoms with Crippen molar-refractivity contribution >= 4 is 12.3 Å². The highest BCUT2D eigenvalue weighted by atomic mass is 32.2. The van der Waals surface area contributed by atoms with Crippen LogP contribution in [0.4, 0.5) is 0 Å². The first-order valence-electron chi connectivity index (χ1n) is 4.38. The fourth-order valence-electron chi connectivity index (χ4n) is 1.41. The van der Waals surface area contributed by atoms with Crippen molar-refractivity contribution < 1.29 is 8.37 Å². The lowest BCUT2D eigenvalue weighted by Gasteiger charge is -2.27. The molecule has 0 N–H and O–H groups in total. The smallest absolute Gasteiger partial charge is 0.159 e. The van der Waals surface area contributed by atoms with Gasteiger partial charge in [0, 0.05) is 5.92 Å². The molecule has 0 aromatic heterocycles. The molecule has 1 heterocycles. The molecule has 1 saturated heterocycles. The van der Waals surface area contributed by atoms with Gasteiger partial charge in [-0.15, -0.1) is 0 Å². The predicted molar refractivity (Wildman–Crippen MR) is 53.0 cm³/mol. The Labute approximate surface area is 82.7 Å². The van der Waals surface area contributed by atoms with E-state index in [1.54, 1.807) is 0 Å². The largest absolute Gasteiger partial charge is 0.291 e. The van der Waals surface area contributed by atoms with Gasteiger partial charge in [0.2, 0.25) is 0 Å². The molecule has 0 spiro atoms. The van der Waals surface area contributed by atoms with Crippen molar-refractivity contribution in [2.24, 2.45) is 5.92 Å². The van der Waals surface area contributed by atoms with Crippen LogP contribution in [0.3, 0.4) is 0 Å². The zero-order chi connectivity index (χ0) is 9.10. The molecule has 1 fully saturated rings. The van der Waals surface area contributed by atoms with Crippen molar-refractivity contribution in [3.05, 3.63) is 35.9 Å². The topological polar surface area (TPSA) is 18.5 Å². The summed E-state index contributed by atoms with van der Waals surface area (Å²) < 4.78 is 10.6. The third kappa shape index (κ3) is 2.05. The summed E-state index contributed by atoms with van der Waals surface area (Å²) in [6.07, 6.45) is 0.167. The molecule has 1 aromatic carbocycles. The van der Waals surface area contributed by atoms with Gasteiger partial charge in [0.1, 0.15) is 6.10 Å². The summed E-state index contributed by atoms with van der Waals surface area (Å²) >= 11 is 1.10. The Bertz CT molecular complexity index is 263. The molecule has 70 valence electrons. The van der Waals surface area contributed by atoms with Crippen LogP contribution in [0.15, 0.2) is 30.3 Å². The van der Waals surface area contributed by atoms with Crippen molar-refractivity contribution in [1.29, 1.82) is 0 Å². The maximum absolute atomic E-state index is 5.47. The van der Waals surface area contributed by atoms with Crippen molar-refractivity contribution in [3.8, 4) is 0 Å². The van der Waals surface area contributed by atoms with E-state index in [1.807, 2.05) is 18.2 Å². The first kappa shape index (κ1) is 9.06. The number of benzene rings is 1. The van der Waals surface area contributed by atoms with Crippen molar-refractivity contribution in [2.45, 2.75) is 13.0 Å². The first-order chi connectivity index (χ1) is 6.38. The number of hydrogen-bond donors (Lipinski definition) is 0. The summed E-state index contributed by atoms with van der Waals surface area (Å²) in [5, 5.41) is 0. The van der Waals surface area contributed by atoms with Crippen LogP contribution in [0.1, 0.15) is 18.6 Å². The highest BCUT2D eigenvalue weighted by Crippen LogP contribution is 2.35. The summed E-state index contributed by atoms with van der Waals surface area (Å²) in [5.41, 5.74) is 1.23. The highest BCUT2D eigenvalue weighted by molar-refractivity contribution is 7.89. The normalized spacial score (nSPS) is 28.7. The zero-order valence-corrected chi connectivity index (χ0v) is 8.29. The lowest BCUT2D eigenvalue weighted by Crippen LogP contribution is -2.19. The lowest BCUT2D eigenvalue weighted by atomic mass is 9.98. The minimum Gasteiger partial charge on any atom is -0.291 e. The molecule has 0 saturated carbocycles. The van der Waals surface area contributed by atoms with Gasteiger partial charge in [0.05, 0.1) is 6.61 Å². The van der Waals surface area contributed by atoms with Crippen LogP contribution in [0.25, 0.3) is 0 Å². The summed E-state index contributed by atoms with van der Waals surface area (Å²) in [7, 11) is 0. The van der Waals surface area contributed by atoms with Gasteiger partial charge in [-0.25, -0.2) is 0 Å². The molecule has 2 nitrogen and oxygen atoms in total. The lowest BCUT2D eigenvalue weighted by molar-refractivity contribution is 0.0786. The Hall–Kier alpha value is -0.510. The predicted octanol–water partition coefficient (Wildman–Crippen LogP) is 2.97. The molecule has 0 bridgehead atoms. The Balaban J connectivity index is 2.15. The fraction of sp³-hybridized carbons (Fsp3) is 0.400. The molecule has 0 radical (unpaired) electrons. The second kappa shape index (κ2) is 4.13. The van der Waals surface area contributed by atoms with Crippen molar-refractivity contribution in [2.75, 3.05) is 6.61 Å². The summed E-state index contributed by atoms with van der Waals surface area (Å²) in [6.45, 7) is 2.89. The molecule has 13 heavy (non-hydrogen) atoms. The van der Waals surface area contributed by atoms with Gasteiger partial charge in [-0.2, -0.15) is 0 Å². The molecular weight excluding hydrogens is 184 g/mol. The molecular formula is C10H12O2S. The molecule has 1 aliphatic rings. The standard InChI is InChI=1S/C10H12O2S/c1-8-7-11-13-12-10(8)9-5-3-2-4-6-9/h2-6,8,10H,7H2,1H3/t8-,10+/m1/s1. The minimum atomic E-state index is 0.167. The van der Waals surface area contributed by atoms with E-state index in [0.29, 0.717) is 5.92 Å². The second-order valence-corrected chi connectivity index (χ2v) is 3.82. The Morgan fingerprint density at radius 2 is 2.08 bits per heavy atom. The minimum absolute atomic E-state index is 0.167. The van der Waals surface area contributed by atoms with Crippen LogP contribution >= 0.6 is 12.3 Å². The maximum Gasteiger partial charge on any atom is 0.159 e. The SMILES string of the molecule is C[C@@H]1COSO[C@@H]1c1ccccc1. The second-order valence-electron chi connectivity index (χ2n) is 3.26. The number of hydrogen-bond acceptors (Lipinski definition) is 3. The molecule has 1 aliphatic heterocycles. The van der Waals surface area contributed by atoms with Crippen LogP contribution in [0.5, 0.6) is 0 Å². The molecule has 1 aromatic rings. The molecule has 3 heteroatoms. The molecule has 0 aliphatic carbocycles. The van der Waals surface area contributed by atoms with Gasteiger partial charge >= 0.3 is 0 Å². The summed E-state index contributed by atoms with van der Waals surface area (Å²) in [4.78, 5) is 0. The van der Waals surface area contributed by atoms with Crippen molar-refractivity contribution in [3.63, 3.8) is 0 Å². The molecule has 2 atom stereocenters. The van der Waals surface area contributed by atoms with E-state index < -0.39 is 0 Å². The average molecular weight is 196 g/mol. The molecule has 2 rings (SSSR count). The third-order valence-electron chi connectivity index (χ3n) is 2.17. The van der Waals surface area contributed by atoms with Gasteiger partial charge in [0.25, 0.3) is 0 Å². The van der Waals surface area contributed by atoms with Gasteiger partial charge in [-0.3, -0.25) is 8.37 Å². The monoisotopic (exact) mass is 196 g/mol. The van der Waals surface area contributed by atoms with Crippen molar-refractivity contribution in [1.82, 2.24) is 0 Å². The van der Waals surface area contributed by atoms with E-state index in [2.05, 4.69) is 19.1 Å². The Morgan fingerprint density at radius 3 is 2.77 bits per heavy atom. The molecule has 0 amide bonds. The van der Waals surface area contributed by atoms with E-state index in [9.17, 15) is 0 Å². The summed E-state index contributed by atoms with van der Waals surface area (Å²) in [6, 6.07) is 10.3. The van der Waals surface area contributed by atoms with Crippen LogP contribution in [-0.4, -0.2) is 6.61 Å². The first-order valence-corrected chi connectivity index (χ1v) is 5.04. The highest BCUT2D eigenvalue weighted by Gasteiger charge is 2.25. The van der Waals surface area contributed by atoms with Crippen LogP contribution < -0.4 is 0 Å². The van der Waals surface area contributed by atoms with E-state index in [0.717, 1.165) is 18.9 Å². The molecule has 0 unspecified atom stereocenters. The Kier molecular flexibility index (Phi) is 2.88. The average Bonchev–Trinajstić information content (AvgIpc) is 2.20. The Morgan fingerprint density at radius 1 is 1.31 bits per heavy atom. The fourth-order valence-corrected chi connectivity index (χ4v) is 2.13. The van der Waals surface area contributed by atoms with Crippen LogP contribution in [0, 0.1) is 5.92 Å². The maximum atomic E-state index is 5.47. The van der Waals surface area contributed by atoms with Crippen LogP contribution in [-0.2, 0) is 8.37 Å². The quantitative estimate of drug-likeness (QED) is 0.643. The summed E-state index contributed by atoms with van der Waals surface area (Å²) in [5.74, 6) is 0.420. The van der Waals surface area contributed by atoms with E-state index >= 15 is 0 Å². The van der Waals surface area contributed by atoms with Crippen LogP contribution in [0.2, 0.25) is 0 Å².